The Bertz CT molecular complexity index is 521. The highest BCUT2D eigenvalue weighted by molar-refractivity contribution is 5.67. The molecule has 0 saturated carbocycles. The molecule has 0 unspecified atom stereocenters. The largest absolute Gasteiger partial charge is 0.482 e. The average Bonchev–Trinajstić information content (AvgIpc) is 2.69. The lowest BCUT2D eigenvalue weighted by Gasteiger charge is -2.04. The molecule has 2 heterocycles. The summed E-state index contributed by atoms with van der Waals surface area (Å²) < 4.78 is 6.88. The van der Waals surface area contributed by atoms with Gasteiger partial charge in [-0.05, 0) is 12.1 Å². The number of carbonyl (C=O) groups is 1. The molecule has 0 radical (unpaired) electrons. The van der Waals surface area contributed by atoms with Gasteiger partial charge >= 0.3 is 5.97 Å². The standard InChI is InChI=1S/C10H11N3O3/c1-16-9-4-2-3-7-11-12-8(13(7)9)5-6-10(14)15/h2-4H,5-6H2,1H3,(H,14,15). The van der Waals surface area contributed by atoms with E-state index in [1.54, 1.807) is 23.6 Å². The van der Waals surface area contributed by atoms with Crippen molar-refractivity contribution < 1.29 is 14.6 Å². The van der Waals surface area contributed by atoms with E-state index in [1.165, 1.54) is 0 Å². The Labute approximate surface area is 91.5 Å². The maximum absolute atomic E-state index is 10.5. The van der Waals surface area contributed by atoms with Crippen molar-refractivity contribution in [2.45, 2.75) is 12.8 Å². The van der Waals surface area contributed by atoms with Crippen LogP contribution in [0.5, 0.6) is 5.88 Å². The maximum Gasteiger partial charge on any atom is 0.303 e. The van der Waals surface area contributed by atoms with E-state index in [9.17, 15) is 4.79 Å². The minimum atomic E-state index is -0.855. The summed E-state index contributed by atoms with van der Waals surface area (Å²) in [5, 5.41) is 16.5. The highest BCUT2D eigenvalue weighted by atomic mass is 16.5. The summed E-state index contributed by atoms with van der Waals surface area (Å²) in [6.45, 7) is 0. The van der Waals surface area contributed by atoms with Crippen molar-refractivity contribution in [2.75, 3.05) is 7.11 Å². The highest BCUT2D eigenvalue weighted by Gasteiger charge is 2.10. The third-order valence-corrected chi connectivity index (χ3v) is 2.23. The van der Waals surface area contributed by atoms with Gasteiger partial charge in [-0.15, -0.1) is 10.2 Å². The molecule has 84 valence electrons. The van der Waals surface area contributed by atoms with E-state index in [0.717, 1.165) is 0 Å². The molecule has 2 aromatic heterocycles. The summed E-state index contributed by atoms with van der Waals surface area (Å²) in [7, 11) is 1.55. The van der Waals surface area contributed by atoms with Crippen LogP contribution in [0.15, 0.2) is 18.2 Å². The van der Waals surface area contributed by atoms with Crippen molar-refractivity contribution in [1.82, 2.24) is 14.6 Å². The van der Waals surface area contributed by atoms with E-state index >= 15 is 0 Å². The third-order valence-electron chi connectivity index (χ3n) is 2.23. The zero-order valence-electron chi connectivity index (χ0n) is 8.75. The number of rotatable bonds is 4. The Balaban J connectivity index is 2.41. The van der Waals surface area contributed by atoms with Crippen molar-refractivity contribution in [3.63, 3.8) is 0 Å². The molecule has 0 aliphatic heterocycles. The van der Waals surface area contributed by atoms with Gasteiger partial charge in [0, 0.05) is 6.42 Å². The molecule has 0 spiro atoms. The van der Waals surface area contributed by atoms with E-state index in [4.69, 9.17) is 9.84 Å². The van der Waals surface area contributed by atoms with Crippen LogP contribution in [0.25, 0.3) is 5.65 Å². The molecule has 0 aliphatic rings. The van der Waals surface area contributed by atoms with Gasteiger partial charge in [-0.25, -0.2) is 4.40 Å². The number of aromatic nitrogens is 3. The molecule has 0 bridgehead atoms. The van der Waals surface area contributed by atoms with Crippen LogP contribution in [0.3, 0.4) is 0 Å². The van der Waals surface area contributed by atoms with Crippen LogP contribution in [0.4, 0.5) is 0 Å². The molecular weight excluding hydrogens is 210 g/mol. The SMILES string of the molecule is COc1cccc2nnc(CCC(=O)O)n12. The van der Waals surface area contributed by atoms with Crippen LogP contribution in [-0.4, -0.2) is 32.8 Å². The second-order valence-corrected chi connectivity index (χ2v) is 3.27. The molecule has 0 amide bonds. The van der Waals surface area contributed by atoms with Crippen LogP contribution >= 0.6 is 0 Å². The molecule has 0 aromatic carbocycles. The predicted molar refractivity (Wildman–Crippen MR) is 55.5 cm³/mol. The number of hydrogen-bond acceptors (Lipinski definition) is 4. The number of hydrogen-bond donors (Lipinski definition) is 1. The fourth-order valence-electron chi connectivity index (χ4n) is 1.51. The van der Waals surface area contributed by atoms with Gasteiger partial charge in [0.05, 0.1) is 13.5 Å². The van der Waals surface area contributed by atoms with Crippen molar-refractivity contribution in [2.24, 2.45) is 0 Å². The quantitative estimate of drug-likeness (QED) is 0.824. The number of nitrogens with zero attached hydrogens (tertiary/aromatic N) is 3. The third kappa shape index (κ3) is 1.81. The Morgan fingerprint density at radius 2 is 2.31 bits per heavy atom. The Morgan fingerprint density at radius 1 is 1.50 bits per heavy atom. The van der Waals surface area contributed by atoms with Gasteiger partial charge < -0.3 is 9.84 Å². The first-order valence-corrected chi connectivity index (χ1v) is 4.81. The minimum Gasteiger partial charge on any atom is -0.482 e. The molecule has 16 heavy (non-hydrogen) atoms. The van der Waals surface area contributed by atoms with Crippen LogP contribution in [-0.2, 0) is 11.2 Å². The van der Waals surface area contributed by atoms with Crippen LogP contribution < -0.4 is 4.74 Å². The predicted octanol–water partition coefficient (Wildman–Crippen LogP) is 0.755. The molecule has 2 rings (SSSR count). The summed E-state index contributed by atoms with van der Waals surface area (Å²) >= 11 is 0. The van der Waals surface area contributed by atoms with Gasteiger partial charge in [0.25, 0.3) is 0 Å². The molecule has 2 aromatic rings. The maximum atomic E-state index is 10.5. The first-order chi connectivity index (χ1) is 7.72. The molecule has 0 fully saturated rings. The first-order valence-electron chi connectivity index (χ1n) is 4.81. The number of carboxylic acids is 1. The molecular formula is C10H11N3O3. The number of aliphatic carboxylic acids is 1. The number of carboxylic acid groups (broad SMARTS) is 1. The Hall–Kier alpha value is -2.11. The number of aryl methyl sites for hydroxylation is 1. The lowest BCUT2D eigenvalue weighted by molar-refractivity contribution is -0.137. The lowest BCUT2D eigenvalue weighted by Crippen LogP contribution is -2.03. The second-order valence-electron chi connectivity index (χ2n) is 3.27. The number of methoxy groups -OCH3 is 1. The number of fused-ring (bicyclic) bond motifs is 1. The summed E-state index contributed by atoms with van der Waals surface area (Å²) in [6, 6.07) is 5.38. The van der Waals surface area contributed by atoms with Gasteiger partial charge in [0.2, 0.25) is 5.88 Å². The molecule has 1 N–H and O–H groups in total. The topological polar surface area (TPSA) is 76.7 Å². The van der Waals surface area contributed by atoms with E-state index in [0.29, 0.717) is 23.8 Å². The fraction of sp³-hybridized carbons (Fsp3) is 0.300. The summed E-state index contributed by atoms with van der Waals surface area (Å²) in [5.41, 5.74) is 0.653. The minimum absolute atomic E-state index is 0.0266. The van der Waals surface area contributed by atoms with E-state index < -0.39 is 5.97 Å². The average molecular weight is 221 g/mol. The first kappa shape index (κ1) is 10.4. The van der Waals surface area contributed by atoms with E-state index in [2.05, 4.69) is 10.2 Å². The van der Waals surface area contributed by atoms with Gasteiger partial charge in [-0.3, -0.25) is 4.79 Å². The van der Waals surface area contributed by atoms with E-state index in [1.807, 2.05) is 6.07 Å². The summed E-state index contributed by atoms with van der Waals surface area (Å²) in [4.78, 5) is 10.5. The number of ether oxygens (including phenoxy) is 1. The number of pyridine rings is 1. The molecule has 6 nitrogen and oxygen atoms in total. The molecule has 0 aliphatic carbocycles. The van der Waals surface area contributed by atoms with Crippen LogP contribution in [0.1, 0.15) is 12.2 Å². The monoisotopic (exact) mass is 221 g/mol. The fourth-order valence-corrected chi connectivity index (χ4v) is 1.51. The van der Waals surface area contributed by atoms with Crippen molar-refractivity contribution in [3.8, 4) is 5.88 Å². The van der Waals surface area contributed by atoms with E-state index in [-0.39, 0.29) is 6.42 Å². The van der Waals surface area contributed by atoms with Crippen LogP contribution in [0.2, 0.25) is 0 Å². The smallest absolute Gasteiger partial charge is 0.303 e. The van der Waals surface area contributed by atoms with Crippen molar-refractivity contribution >= 4 is 11.6 Å². The summed E-state index contributed by atoms with van der Waals surface area (Å²) in [5.74, 6) is 0.337. The van der Waals surface area contributed by atoms with Gasteiger partial charge in [0.1, 0.15) is 5.82 Å². The van der Waals surface area contributed by atoms with Crippen molar-refractivity contribution in [3.05, 3.63) is 24.0 Å². The van der Waals surface area contributed by atoms with Gasteiger partial charge in [-0.2, -0.15) is 0 Å². The normalized spacial score (nSPS) is 10.6. The molecule has 0 saturated heterocycles. The Kier molecular flexibility index (Phi) is 2.72. The lowest BCUT2D eigenvalue weighted by atomic mass is 10.3. The second kappa shape index (κ2) is 4.18. The zero-order chi connectivity index (χ0) is 11.5. The zero-order valence-corrected chi connectivity index (χ0v) is 8.75. The molecule has 0 atom stereocenters. The van der Waals surface area contributed by atoms with Crippen molar-refractivity contribution in [1.29, 1.82) is 0 Å². The van der Waals surface area contributed by atoms with Gasteiger partial charge in [0.15, 0.2) is 5.65 Å². The Morgan fingerprint density at radius 3 is 3.00 bits per heavy atom. The molecule has 6 heteroatoms. The highest BCUT2D eigenvalue weighted by Crippen LogP contribution is 2.15. The van der Waals surface area contributed by atoms with Crippen LogP contribution in [0, 0.1) is 0 Å². The van der Waals surface area contributed by atoms with Gasteiger partial charge in [-0.1, -0.05) is 6.07 Å². The summed E-state index contributed by atoms with van der Waals surface area (Å²) in [6.07, 6.45) is 0.357.